The number of ether oxygens (including phenoxy) is 4. The van der Waals surface area contributed by atoms with Crippen molar-refractivity contribution in [3.05, 3.63) is 126 Å². The first kappa shape index (κ1) is 75.6. The Morgan fingerprint density at radius 2 is 0.625 bits per heavy atom. The van der Waals surface area contributed by atoms with E-state index in [1.807, 2.05) is 187 Å². The predicted octanol–water partition coefficient (Wildman–Crippen LogP) is 16.3. The molecule has 488 valence electrons. The van der Waals surface area contributed by atoms with Gasteiger partial charge in [-0.3, -0.25) is 9.59 Å². The number of unbranched alkanes of at least 4 members (excludes halogenated alkanes) is 3. The van der Waals surface area contributed by atoms with Gasteiger partial charge in [-0.1, -0.05) is 162 Å². The van der Waals surface area contributed by atoms with Crippen LogP contribution >= 0.6 is 0 Å². The SMILES string of the molecule is CC(C)(C)c1cc(C=C(CCCCCCC(=Cc2cc(C(C)(C)C)c(O)c(C(C)(C)C)c2)C(=O)O)C(=O)O)cc(C(C)(C)C)c1O.Cc1cc(CCC(=O)OCCOCCOCCOC(=O)CCc2cc(C)c(O)c(C(C)(C)C)c2)cc(C(C)(C)C)c1O. The number of aromatic hydroxyl groups is 4. The third kappa shape index (κ3) is 24.4. The summed E-state index contributed by atoms with van der Waals surface area (Å²) in [5.74, 6) is -1.37. The summed E-state index contributed by atoms with van der Waals surface area (Å²) in [7, 11) is 0. The van der Waals surface area contributed by atoms with Crippen molar-refractivity contribution in [3.63, 3.8) is 0 Å². The van der Waals surface area contributed by atoms with Gasteiger partial charge in [0, 0.05) is 46.2 Å². The van der Waals surface area contributed by atoms with Crippen molar-refractivity contribution < 1.29 is 68.8 Å². The van der Waals surface area contributed by atoms with Crippen LogP contribution in [0.2, 0.25) is 0 Å². The zero-order chi connectivity index (χ0) is 66.9. The van der Waals surface area contributed by atoms with Crippen LogP contribution in [-0.4, -0.2) is 94.2 Å². The van der Waals surface area contributed by atoms with Gasteiger partial charge >= 0.3 is 23.9 Å². The highest BCUT2D eigenvalue weighted by Crippen LogP contribution is 2.43. The van der Waals surface area contributed by atoms with Crippen molar-refractivity contribution in [3.8, 4) is 23.0 Å². The second-order valence-corrected chi connectivity index (χ2v) is 29.6. The first-order valence-electron chi connectivity index (χ1n) is 31.2. The number of aliphatic carboxylic acids is 2. The first-order valence-corrected chi connectivity index (χ1v) is 31.2. The fourth-order valence-electron chi connectivity index (χ4n) is 10.2. The molecule has 0 aliphatic heterocycles. The Kier molecular flexibility index (Phi) is 27.7. The number of carboxylic acids is 2. The summed E-state index contributed by atoms with van der Waals surface area (Å²) in [6.45, 7) is 41.9. The lowest BCUT2D eigenvalue weighted by atomic mass is 9.78. The molecule has 0 aromatic heterocycles. The third-order valence-corrected chi connectivity index (χ3v) is 15.3. The Labute approximate surface area is 526 Å². The van der Waals surface area contributed by atoms with Gasteiger partial charge in [-0.05, 0) is 166 Å². The zero-order valence-electron chi connectivity index (χ0n) is 57.0. The van der Waals surface area contributed by atoms with Gasteiger partial charge in [-0.15, -0.1) is 0 Å². The molecular formula is C74H108O14. The molecule has 0 atom stereocenters. The third-order valence-electron chi connectivity index (χ3n) is 15.3. The molecule has 4 aromatic rings. The Morgan fingerprint density at radius 1 is 0.364 bits per heavy atom. The lowest BCUT2D eigenvalue weighted by Crippen LogP contribution is -2.17. The van der Waals surface area contributed by atoms with Crippen molar-refractivity contribution in [2.24, 2.45) is 0 Å². The van der Waals surface area contributed by atoms with Gasteiger partial charge in [0.2, 0.25) is 0 Å². The van der Waals surface area contributed by atoms with Crippen LogP contribution in [0.15, 0.2) is 59.7 Å². The quantitative estimate of drug-likeness (QED) is 0.0195. The normalized spacial score (nSPS) is 12.8. The Morgan fingerprint density at radius 3 is 0.886 bits per heavy atom. The number of benzene rings is 4. The van der Waals surface area contributed by atoms with E-state index in [0.717, 1.165) is 79.6 Å². The van der Waals surface area contributed by atoms with Crippen molar-refractivity contribution >= 4 is 36.0 Å². The van der Waals surface area contributed by atoms with E-state index in [2.05, 4.69) is 0 Å². The van der Waals surface area contributed by atoms with Gasteiger partial charge < -0.3 is 49.6 Å². The second-order valence-electron chi connectivity index (χ2n) is 29.6. The largest absolute Gasteiger partial charge is 0.507 e. The molecule has 0 saturated heterocycles. The number of esters is 2. The molecule has 0 amide bonds. The average Bonchev–Trinajstić information content (AvgIpc) is 1.47. The van der Waals surface area contributed by atoms with Gasteiger partial charge in [-0.2, -0.15) is 0 Å². The highest BCUT2D eigenvalue weighted by atomic mass is 16.6. The minimum Gasteiger partial charge on any atom is -0.507 e. The smallest absolute Gasteiger partial charge is 0.331 e. The monoisotopic (exact) mass is 1220 g/mol. The number of rotatable bonds is 26. The van der Waals surface area contributed by atoms with Crippen molar-refractivity contribution in [1.82, 2.24) is 0 Å². The molecule has 0 unspecified atom stereocenters. The zero-order valence-corrected chi connectivity index (χ0v) is 57.0. The molecule has 0 bridgehead atoms. The Bertz CT molecular complexity index is 2800. The molecule has 0 fully saturated rings. The van der Waals surface area contributed by atoms with Crippen LogP contribution in [0.1, 0.15) is 243 Å². The lowest BCUT2D eigenvalue weighted by molar-refractivity contribution is -0.146. The van der Waals surface area contributed by atoms with E-state index in [4.69, 9.17) is 18.9 Å². The molecule has 0 saturated carbocycles. The first-order chi connectivity index (χ1) is 40.4. The van der Waals surface area contributed by atoms with E-state index in [-0.39, 0.29) is 95.2 Å². The summed E-state index contributed by atoms with van der Waals surface area (Å²) in [6, 6.07) is 15.3. The highest BCUT2D eigenvalue weighted by Gasteiger charge is 2.29. The molecule has 0 aliphatic rings. The van der Waals surface area contributed by atoms with Crippen molar-refractivity contribution in [1.29, 1.82) is 0 Å². The number of hydrogen-bond acceptors (Lipinski definition) is 12. The van der Waals surface area contributed by atoms with Gasteiger partial charge in [0.1, 0.15) is 36.2 Å². The highest BCUT2D eigenvalue weighted by molar-refractivity contribution is 5.93. The number of carbonyl (C=O) groups excluding carboxylic acids is 2. The maximum Gasteiger partial charge on any atom is 0.331 e. The van der Waals surface area contributed by atoms with E-state index >= 15 is 0 Å². The minimum absolute atomic E-state index is 0.163. The second kappa shape index (κ2) is 32.2. The summed E-state index contributed by atoms with van der Waals surface area (Å²) in [5, 5.41) is 62.7. The summed E-state index contributed by atoms with van der Waals surface area (Å²) in [4.78, 5) is 48.6. The number of carboxylic acid groups (broad SMARTS) is 2. The molecule has 4 aromatic carbocycles. The number of phenolic OH excluding ortho intramolecular Hbond substituents is 4. The minimum atomic E-state index is -0.961. The fourth-order valence-corrected chi connectivity index (χ4v) is 10.2. The average molecular weight is 1220 g/mol. The fraction of sp³-hybridized carbons (Fsp3) is 0.568. The molecule has 0 heterocycles. The number of phenols is 4. The number of aryl methyl sites for hydroxylation is 4. The van der Waals surface area contributed by atoms with Crippen molar-refractivity contribution in [2.45, 2.75) is 235 Å². The summed E-state index contributed by atoms with van der Waals surface area (Å²) < 4.78 is 21.4. The van der Waals surface area contributed by atoms with Gasteiger partial charge in [0.25, 0.3) is 0 Å². The summed E-state index contributed by atoms with van der Waals surface area (Å²) in [6.07, 6.45) is 8.69. The van der Waals surface area contributed by atoms with E-state index in [1.54, 1.807) is 12.2 Å². The molecule has 0 aliphatic carbocycles. The van der Waals surface area contributed by atoms with E-state index in [1.165, 1.54) is 0 Å². The summed E-state index contributed by atoms with van der Waals surface area (Å²) in [5.41, 5.74) is 9.00. The molecular weight excluding hydrogens is 1110 g/mol. The number of hydrogen-bond donors (Lipinski definition) is 6. The van der Waals surface area contributed by atoms with Crippen molar-refractivity contribution in [2.75, 3.05) is 39.6 Å². The molecule has 14 nitrogen and oxygen atoms in total. The topological polar surface area (TPSA) is 227 Å². The van der Waals surface area contributed by atoms with Gasteiger partial charge in [-0.25, -0.2) is 9.59 Å². The predicted molar refractivity (Wildman–Crippen MR) is 353 cm³/mol. The van der Waals surface area contributed by atoms with Crippen LogP contribution in [0.5, 0.6) is 23.0 Å². The molecule has 4 rings (SSSR count). The maximum atomic E-state index is 12.2. The van der Waals surface area contributed by atoms with Gasteiger partial charge in [0.15, 0.2) is 0 Å². The van der Waals surface area contributed by atoms with Crippen LogP contribution < -0.4 is 0 Å². The number of carbonyl (C=O) groups is 4. The lowest BCUT2D eigenvalue weighted by Gasteiger charge is -2.28. The van der Waals surface area contributed by atoms with Crippen LogP contribution in [0.25, 0.3) is 12.2 Å². The molecule has 0 radical (unpaired) electrons. The van der Waals surface area contributed by atoms with E-state index in [9.17, 15) is 49.8 Å². The van der Waals surface area contributed by atoms with E-state index in [0.29, 0.717) is 74.4 Å². The molecule has 14 heteroatoms. The molecule has 88 heavy (non-hydrogen) atoms. The van der Waals surface area contributed by atoms with Crippen LogP contribution in [0.4, 0.5) is 0 Å². The standard InChI is InChI=1S/C40H58O6.C34H50O8/c1-37(2,3)29-21-25(22-30(33(29)41)38(4,5)6)19-27(35(43)44)17-15-13-14-16-18-28(36(45)46)20-26-23-31(39(7,8)9)34(42)32(24-26)40(10,11)12;1-23-19-25(21-27(31(23)37)33(3,4)5)9-11-29(35)41-17-15-39-13-14-40-16-18-42-30(36)12-10-26-20-24(2)32(38)28(22-26)34(6,7)8/h19-24,41-42H,13-18H2,1-12H3,(H,43,44)(H,45,46);19-22,37-38H,9-18H2,1-8H3. The maximum absolute atomic E-state index is 12.2. The molecule has 6 N–H and O–H groups in total. The Hall–Kier alpha value is -6.64. The van der Waals surface area contributed by atoms with Gasteiger partial charge in [0.05, 0.1) is 26.4 Å². The van der Waals surface area contributed by atoms with Crippen LogP contribution in [-0.2, 0) is 83.5 Å². The Balaban J connectivity index is 0.000000462. The van der Waals surface area contributed by atoms with E-state index < -0.39 is 11.9 Å². The molecule has 0 spiro atoms. The van der Waals surface area contributed by atoms with Crippen LogP contribution in [0, 0.1) is 13.8 Å². The van der Waals surface area contributed by atoms with Crippen LogP contribution in [0.3, 0.4) is 0 Å². The summed E-state index contributed by atoms with van der Waals surface area (Å²) >= 11 is 0.